The Morgan fingerprint density at radius 1 is 1.12 bits per heavy atom. The molecular formula is C17H15N3O4. The number of nitrogens with zero attached hydrogens (tertiary/aromatic N) is 2. The van der Waals surface area contributed by atoms with Gasteiger partial charge in [0.05, 0.1) is 19.8 Å². The molecule has 1 amide bonds. The molecule has 0 spiro atoms. The van der Waals surface area contributed by atoms with E-state index in [0.29, 0.717) is 28.6 Å². The smallest absolute Gasteiger partial charge is 0.279 e. The molecule has 3 aromatic rings. The Balaban J connectivity index is 1.87. The van der Waals surface area contributed by atoms with Crippen LogP contribution in [0.5, 0.6) is 11.5 Å². The molecule has 0 saturated heterocycles. The number of hydrogen-bond donors (Lipinski definition) is 1. The third-order valence-corrected chi connectivity index (χ3v) is 3.32. The van der Waals surface area contributed by atoms with Gasteiger partial charge in [0, 0.05) is 12.3 Å². The minimum Gasteiger partial charge on any atom is -0.497 e. The number of carbonyl (C=O) groups excluding carboxylic acids is 1. The van der Waals surface area contributed by atoms with Crippen molar-refractivity contribution in [1.82, 2.24) is 10.1 Å². The molecule has 1 N–H and O–H groups in total. The predicted molar refractivity (Wildman–Crippen MR) is 87.2 cm³/mol. The van der Waals surface area contributed by atoms with E-state index in [2.05, 4.69) is 15.5 Å². The van der Waals surface area contributed by atoms with Crippen LogP contribution in [0, 0.1) is 0 Å². The van der Waals surface area contributed by atoms with Crippen molar-refractivity contribution in [3.63, 3.8) is 0 Å². The summed E-state index contributed by atoms with van der Waals surface area (Å²) in [6, 6.07) is 12.0. The topological polar surface area (TPSA) is 86.5 Å². The van der Waals surface area contributed by atoms with E-state index in [1.165, 1.54) is 6.07 Å². The predicted octanol–water partition coefficient (Wildman–Crippen LogP) is 3.01. The number of aromatic nitrogens is 2. The third-order valence-electron chi connectivity index (χ3n) is 3.32. The monoisotopic (exact) mass is 325 g/mol. The van der Waals surface area contributed by atoms with Crippen LogP contribution in [0.1, 0.15) is 10.5 Å². The first kappa shape index (κ1) is 15.5. The van der Waals surface area contributed by atoms with Crippen LogP contribution < -0.4 is 14.8 Å². The van der Waals surface area contributed by atoms with Gasteiger partial charge in [0.2, 0.25) is 0 Å². The zero-order valence-electron chi connectivity index (χ0n) is 13.1. The summed E-state index contributed by atoms with van der Waals surface area (Å²) in [5.74, 6) is 1.65. The van der Waals surface area contributed by atoms with Crippen molar-refractivity contribution in [1.29, 1.82) is 0 Å². The van der Waals surface area contributed by atoms with Gasteiger partial charge >= 0.3 is 0 Å². The van der Waals surface area contributed by atoms with Crippen molar-refractivity contribution in [3.8, 4) is 22.8 Å². The van der Waals surface area contributed by atoms with E-state index >= 15 is 0 Å². The van der Waals surface area contributed by atoms with Gasteiger partial charge in [-0.1, -0.05) is 11.2 Å². The van der Waals surface area contributed by atoms with Crippen molar-refractivity contribution in [3.05, 3.63) is 54.4 Å². The Bertz CT molecular complexity index is 846. The SMILES string of the molecule is COc1ccc(OC)c(-c2cc(C(=O)Nc3ccccn3)no2)c1. The molecule has 0 bridgehead atoms. The molecule has 122 valence electrons. The maximum Gasteiger partial charge on any atom is 0.279 e. The lowest BCUT2D eigenvalue weighted by Gasteiger charge is -2.07. The molecule has 0 radical (unpaired) electrons. The van der Waals surface area contributed by atoms with E-state index in [1.54, 1.807) is 56.8 Å². The van der Waals surface area contributed by atoms with Gasteiger partial charge in [-0.15, -0.1) is 0 Å². The first-order valence-corrected chi connectivity index (χ1v) is 7.13. The van der Waals surface area contributed by atoms with E-state index in [0.717, 1.165) is 0 Å². The Kier molecular flexibility index (Phi) is 4.42. The zero-order valence-corrected chi connectivity index (χ0v) is 13.1. The van der Waals surface area contributed by atoms with Crippen LogP contribution in [-0.2, 0) is 0 Å². The largest absolute Gasteiger partial charge is 0.497 e. The fourth-order valence-corrected chi connectivity index (χ4v) is 2.13. The van der Waals surface area contributed by atoms with Gasteiger partial charge in [-0.05, 0) is 30.3 Å². The van der Waals surface area contributed by atoms with Crippen molar-refractivity contribution in [2.75, 3.05) is 19.5 Å². The summed E-state index contributed by atoms with van der Waals surface area (Å²) < 4.78 is 15.8. The normalized spacial score (nSPS) is 10.2. The number of pyridine rings is 1. The Morgan fingerprint density at radius 3 is 2.71 bits per heavy atom. The van der Waals surface area contributed by atoms with Gasteiger partial charge < -0.3 is 19.3 Å². The number of benzene rings is 1. The van der Waals surface area contributed by atoms with Crippen LogP contribution in [0.15, 0.2) is 53.2 Å². The minimum atomic E-state index is -0.412. The molecule has 2 aromatic heterocycles. The average molecular weight is 325 g/mol. The second-order valence-corrected chi connectivity index (χ2v) is 4.81. The summed E-state index contributed by atoms with van der Waals surface area (Å²) in [6.07, 6.45) is 1.59. The van der Waals surface area contributed by atoms with E-state index < -0.39 is 5.91 Å². The standard InChI is InChI=1S/C17H15N3O4/c1-22-11-6-7-14(23-2)12(9-11)15-10-13(20-24-15)17(21)19-16-5-3-4-8-18-16/h3-10H,1-2H3,(H,18,19,21). The summed E-state index contributed by atoms with van der Waals surface area (Å²) in [4.78, 5) is 16.2. The highest BCUT2D eigenvalue weighted by Crippen LogP contribution is 2.33. The van der Waals surface area contributed by atoms with E-state index in [4.69, 9.17) is 14.0 Å². The second kappa shape index (κ2) is 6.82. The molecule has 24 heavy (non-hydrogen) atoms. The lowest BCUT2D eigenvalue weighted by molar-refractivity contribution is 0.101. The first-order chi connectivity index (χ1) is 11.7. The molecule has 0 saturated carbocycles. The number of methoxy groups -OCH3 is 2. The molecule has 0 unspecified atom stereocenters. The second-order valence-electron chi connectivity index (χ2n) is 4.81. The number of carbonyl (C=O) groups is 1. The van der Waals surface area contributed by atoms with Crippen molar-refractivity contribution in [2.24, 2.45) is 0 Å². The number of hydrogen-bond acceptors (Lipinski definition) is 6. The molecule has 0 aliphatic carbocycles. The molecule has 1 aromatic carbocycles. The number of anilines is 1. The molecule has 7 nitrogen and oxygen atoms in total. The molecule has 0 atom stereocenters. The third kappa shape index (κ3) is 3.19. The lowest BCUT2D eigenvalue weighted by atomic mass is 10.1. The molecular weight excluding hydrogens is 310 g/mol. The van der Waals surface area contributed by atoms with E-state index in [-0.39, 0.29) is 5.69 Å². The van der Waals surface area contributed by atoms with Crippen molar-refractivity contribution >= 4 is 11.7 Å². The van der Waals surface area contributed by atoms with Gasteiger partial charge in [0.1, 0.15) is 17.3 Å². The molecule has 0 aliphatic rings. The fraction of sp³-hybridized carbons (Fsp3) is 0.118. The summed E-state index contributed by atoms with van der Waals surface area (Å²) in [5, 5.41) is 6.45. The molecule has 0 aliphatic heterocycles. The van der Waals surface area contributed by atoms with Crippen molar-refractivity contribution < 1.29 is 18.8 Å². The fourth-order valence-electron chi connectivity index (χ4n) is 2.13. The van der Waals surface area contributed by atoms with Gasteiger partial charge in [-0.3, -0.25) is 4.79 Å². The minimum absolute atomic E-state index is 0.139. The lowest BCUT2D eigenvalue weighted by Crippen LogP contribution is -2.12. The summed E-state index contributed by atoms with van der Waals surface area (Å²) in [5.41, 5.74) is 0.779. The Morgan fingerprint density at radius 2 is 2.00 bits per heavy atom. The highest BCUT2D eigenvalue weighted by atomic mass is 16.5. The number of amides is 1. The summed E-state index contributed by atoms with van der Waals surface area (Å²) in [7, 11) is 3.12. The number of nitrogens with one attached hydrogen (secondary N) is 1. The van der Waals surface area contributed by atoms with Crippen LogP contribution in [0.3, 0.4) is 0 Å². The van der Waals surface area contributed by atoms with Gasteiger partial charge in [-0.25, -0.2) is 4.98 Å². The van der Waals surface area contributed by atoms with Crippen LogP contribution in [-0.4, -0.2) is 30.3 Å². The first-order valence-electron chi connectivity index (χ1n) is 7.13. The van der Waals surface area contributed by atoms with E-state index in [9.17, 15) is 4.79 Å². The highest BCUT2D eigenvalue weighted by Gasteiger charge is 2.17. The Hall–Kier alpha value is -3.35. The van der Waals surface area contributed by atoms with Gasteiger partial charge in [-0.2, -0.15) is 0 Å². The Labute approximate surface area is 138 Å². The molecule has 7 heteroatoms. The van der Waals surface area contributed by atoms with Gasteiger partial charge in [0.25, 0.3) is 5.91 Å². The van der Waals surface area contributed by atoms with E-state index in [1.807, 2.05) is 0 Å². The molecule has 3 rings (SSSR count). The van der Waals surface area contributed by atoms with Crippen LogP contribution in [0.4, 0.5) is 5.82 Å². The van der Waals surface area contributed by atoms with Crippen LogP contribution in [0.25, 0.3) is 11.3 Å². The quantitative estimate of drug-likeness (QED) is 0.776. The summed E-state index contributed by atoms with van der Waals surface area (Å²) in [6.45, 7) is 0. The number of rotatable bonds is 5. The average Bonchev–Trinajstić information content (AvgIpc) is 3.12. The molecule has 0 fully saturated rings. The zero-order chi connectivity index (χ0) is 16.9. The van der Waals surface area contributed by atoms with Crippen LogP contribution in [0.2, 0.25) is 0 Å². The molecule has 2 heterocycles. The number of ether oxygens (including phenoxy) is 2. The van der Waals surface area contributed by atoms with Gasteiger partial charge in [0.15, 0.2) is 11.5 Å². The maximum atomic E-state index is 12.2. The maximum absolute atomic E-state index is 12.2. The summed E-state index contributed by atoms with van der Waals surface area (Å²) >= 11 is 0. The van der Waals surface area contributed by atoms with Crippen LogP contribution >= 0.6 is 0 Å². The van der Waals surface area contributed by atoms with Crippen molar-refractivity contribution in [2.45, 2.75) is 0 Å². The highest BCUT2D eigenvalue weighted by molar-refractivity contribution is 6.02.